The molecule has 0 saturated carbocycles. The molecule has 47 heavy (non-hydrogen) atoms. The molecule has 0 spiro atoms. The topological polar surface area (TPSA) is 69.5 Å². The minimum Gasteiger partial charge on any atom is -0.502 e. The van der Waals surface area contributed by atoms with Crippen LogP contribution in [0, 0.1) is 12.1 Å². The van der Waals surface area contributed by atoms with Crippen molar-refractivity contribution < 1.29 is 34.6 Å². The van der Waals surface area contributed by atoms with Gasteiger partial charge in [-0.15, -0.1) is 12.1 Å². The van der Waals surface area contributed by atoms with E-state index >= 15 is 0 Å². The van der Waals surface area contributed by atoms with Crippen molar-refractivity contribution in [3.63, 3.8) is 0 Å². The summed E-state index contributed by atoms with van der Waals surface area (Å²) in [4.78, 5) is 6.72. The molecule has 5 aromatic carbocycles. The number of anilines is 3. The number of hydrogen-bond donors (Lipinski definition) is 0. The number of fused-ring (bicyclic) bond motifs is 6. The minimum absolute atomic E-state index is 0. The van der Waals surface area contributed by atoms with Crippen LogP contribution in [0.4, 0.5) is 17.2 Å². The molecule has 0 unspecified atom stereocenters. The van der Waals surface area contributed by atoms with Crippen molar-refractivity contribution >= 4 is 61.1 Å². The normalized spacial score (nSPS) is 11.3. The molecule has 8 heteroatoms. The van der Waals surface area contributed by atoms with Gasteiger partial charge in [-0.3, -0.25) is 4.68 Å². The number of pyridine rings is 1. The van der Waals surface area contributed by atoms with Crippen LogP contribution in [0.5, 0.6) is 11.5 Å². The molecule has 7 nitrogen and oxygen atoms in total. The first kappa shape index (κ1) is 28.8. The molecule has 0 atom stereocenters. The molecule has 9 aromatic rings. The van der Waals surface area contributed by atoms with Crippen LogP contribution >= 0.6 is 0 Å². The van der Waals surface area contributed by atoms with Gasteiger partial charge in [0.05, 0.1) is 5.58 Å². The second-order valence-corrected chi connectivity index (χ2v) is 11.0. The molecule has 0 aliphatic heterocycles. The number of aromatic nitrogens is 3. The Kier molecular flexibility index (Phi) is 7.11. The van der Waals surface area contributed by atoms with Gasteiger partial charge in [-0.05, 0) is 47.2 Å². The van der Waals surface area contributed by atoms with E-state index in [0.29, 0.717) is 33.9 Å². The van der Waals surface area contributed by atoms with Crippen molar-refractivity contribution in [2.45, 2.75) is 0 Å². The summed E-state index contributed by atoms with van der Waals surface area (Å²) < 4.78 is 21.3. The van der Waals surface area contributed by atoms with Crippen LogP contribution in [0.3, 0.4) is 0 Å². The van der Waals surface area contributed by atoms with Gasteiger partial charge in [-0.25, -0.2) is 10.1 Å². The average Bonchev–Trinajstić information content (AvgIpc) is 3.80. The van der Waals surface area contributed by atoms with E-state index in [1.165, 1.54) is 0 Å². The van der Waals surface area contributed by atoms with Gasteiger partial charge in [-0.1, -0.05) is 95.5 Å². The van der Waals surface area contributed by atoms with Crippen LogP contribution in [0.2, 0.25) is 0 Å². The fraction of sp³-hybridized carbons (Fsp3) is 0.0256. The zero-order chi connectivity index (χ0) is 30.6. The van der Waals surface area contributed by atoms with E-state index in [1.807, 2.05) is 133 Å². The Labute approximate surface area is 283 Å². The molecule has 0 aliphatic carbocycles. The number of rotatable bonds is 6. The summed E-state index contributed by atoms with van der Waals surface area (Å²) in [5, 5.41) is 8.31. The third-order valence-corrected chi connectivity index (χ3v) is 8.06. The Morgan fingerprint density at radius 1 is 0.723 bits per heavy atom. The van der Waals surface area contributed by atoms with E-state index in [4.69, 9.17) is 13.6 Å². The van der Waals surface area contributed by atoms with Crippen molar-refractivity contribution in [1.82, 2.24) is 14.8 Å². The van der Waals surface area contributed by atoms with E-state index in [-0.39, 0.29) is 21.1 Å². The summed E-state index contributed by atoms with van der Waals surface area (Å²) in [6.07, 6.45) is 3.68. The van der Waals surface area contributed by atoms with Crippen LogP contribution < -0.4 is 9.64 Å². The van der Waals surface area contributed by atoms with Gasteiger partial charge in [0, 0.05) is 53.3 Å². The fourth-order valence-corrected chi connectivity index (χ4v) is 6.03. The zero-order valence-corrected chi connectivity index (χ0v) is 27.2. The molecule has 0 aliphatic rings. The van der Waals surface area contributed by atoms with Crippen molar-refractivity contribution in [3.8, 4) is 22.8 Å². The summed E-state index contributed by atoms with van der Waals surface area (Å²) in [5.74, 6) is 1.75. The summed E-state index contributed by atoms with van der Waals surface area (Å²) in [7, 11) is 1.89. The Balaban J connectivity index is 0.00000324. The number of benzene rings is 5. The third-order valence-electron chi connectivity index (χ3n) is 8.06. The van der Waals surface area contributed by atoms with Gasteiger partial charge in [0.25, 0.3) is 0 Å². The molecule has 0 bridgehead atoms. The molecule has 0 amide bonds. The van der Waals surface area contributed by atoms with Gasteiger partial charge < -0.3 is 18.5 Å². The molecule has 228 valence electrons. The van der Waals surface area contributed by atoms with E-state index in [0.717, 1.165) is 49.9 Å². The van der Waals surface area contributed by atoms with Gasteiger partial charge in [0.2, 0.25) is 0 Å². The number of furan rings is 2. The van der Waals surface area contributed by atoms with Crippen molar-refractivity contribution in [2.24, 2.45) is 7.05 Å². The van der Waals surface area contributed by atoms with Crippen LogP contribution in [-0.4, -0.2) is 14.8 Å². The van der Waals surface area contributed by atoms with Crippen LogP contribution in [0.25, 0.3) is 55.1 Å². The van der Waals surface area contributed by atoms with Crippen LogP contribution in [0.1, 0.15) is 0 Å². The van der Waals surface area contributed by atoms with Crippen molar-refractivity contribution in [1.29, 1.82) is 0 Å². The first-order valence-electron chi connectivity index (χ1n) is 14.9. The van der Waals surface area contributed by atoms with Gasteiger partial charge >= 0.3 is 21.1 Å². The molecule has 0 saturated heterocycles. The minimum atomic E-state index is 0. The smallest absolute Gasteiger partial charge is 0.502 e. The van der Waals surface area contributed by atoms with E-state index in [9.17, 15) is 0 Å². The van der Waals surface area contributed by atoms with Crippen LogP contribution in [0.15, 0.2) is 136 Å². The number of hydrogen-bond acceptors (Lipinski definition) is 6. The largest absolute Gasteiger partial charge is 2.00 e. The first-order valence-corrected chi connectivity index (χ1v) is 14.9. The van der Waals surface area contributed by atoms with E-state index < -0.39 is 0 Å². The molecule has 9 rings (SSSR count). The quantitative estimate of drug-likeness (QED) is 0.156. The summed E-state index contributed by atoms with van der Waals surface area (Å²) >= 11 is 0. The standard InChI is InChI=1S/C39H24N4O3.Pt/c1-42-20-18-32(41-42)31-24-27(23-30-28-13-5-7-15-33(28)46-39(30)31)44-35-21-26(22-36-38(35)29-14-6-8-16-34(29)45-36)43(25-11-3-2-4-12-25)37-17-9-10-19-40-37;/h2-20,22-23H,1H3;/q-2;+2. The Morgan fingerprint density at radius 2 is 1.47 bits per heavy atom. The maximum absolute atomic E-state index is 6.82. The predicted molar refractivity (Wildman–Crippen MR) is 180 cm³/mol. The van der Waals surface area contributed by atoms with Crippen LogP contribution in [-0.2, 0) is 28.1 Å². The monoisotopic (exact) mass is 791 g/mol. The first-order chi connectivity index (χ1) is 22.7. The maximum Gasteiger partial charge on any atom is 2.00 e. The molecule has 0 fully saturated rings. The van der Waals surface area contributed by atoms with Crippen molar-refractivity contribution in [3.05, 3.63) is 140 Å². The summed E-state index contributed by atoms with van der Waals surface area (Å²) in [6.45, 7) is 0. The maximum atomic E-state index is 6.82. The SMILES string of the molecule is Cn1ccc(-c2[c-]c(Oc3[c-]c(N(c4ccccc4)c4ccccn4)cc4oc5ccccc5c34)cc3c2oc2ccccc23)n1.[Pt+2]. The average molecular weight is 792 g/mol. The summed E-state index contributed by atoms with van der Waals surface area (Å²) in [6, 6.07) is 44.8. The Morgan fingerprint density at radius 3 is 2.23 bits per heavy atom. The van der Waals surface area contributed by atoms with Gasteiger partial charge in [0.1, 0.15) is 17.0 Å². The number of aryl methyl sites for hydroxylation is 1. The van der Waals surface area contributed by atoms with Crippen molar-refractivity contribution in [2.75, 3.05) is 4.90 Å². The molecule has 0 radical (unpaired) electrons. The number of nitrogens with zero attached hydrogens (tertiary/aromatic N) is 4. The second kappa shape index (κ2) is 11.6. The number of para-hydroxylation sites is 3. The zero-order valence-electron chi connectivity index (χ0n) is 25.0. The Bertz CT molecular complexity index is 2500. The molecule has 4 heterocycles. The molecule has 0 N–H and O–H groups in total. The van der Waals surface area contributed by atoms with Gasteiger partial charge in [-0.2, -0.15) is 0 Å². The molecular weight excluding hydrogens is 768 g/mol. The Hall–Kier alpha value is -5.65. The predicted octanol–water partition coefficient (Wildman–Crippen LogP) is 10.1. The molecule has 4 aromatic heterocycles. The number of ether oxygens (including phenoxy) is 1. The van der Waals surface area contributed by atoms with Gasteiger partial charge in [0.15, 0.2) is 0 Å². The second-order valence-electron chi connectivity index (χ2n) is 11.0. The molecular formula is C39H24N4O3Pt. The third kappa shape index (κ3) is 4.96. The van der Waals surface area contributed by atoms with E-state index in [2.05, 4.69) is 22.2 Å². The summed E-state index contributed by atoms with van der Waals surface area (Å²) in [5.41, 5.74) is 6.00. The fourth-order valence-electron chi connectivity index (χ4n) is 6.03. The van der Waals surface area contributed by atoms with E-state index in [1.54, 1.807) is 10.9 Å².